The summed E-state index contributed by atoms with van der Waals surface area (Å²) >= 11 is 1.76. The van der Waals surface area contributed by atoms with Gasteiger partial charge in [-0.1, -0.05) is 0 Å². The van der Waals surface area contributed by atoms with Gasteiger partial charge in [0.2, 0.25) is 0 Å². The number of amides is 1. The number of β-amino-alcohol motifs (C(OH)–C–C–N with tert-alkyl or cyclic N) is 1. The number of carbonyl (C=O) groups is 1. The third-order valence-electron chi connectivity index (χ3n) is 3.96. The van der Waals surface area contributed by atoms with Crippen molar-refractivity contribution in [1.82, 2.24) is 9.80 Å². The fourth-order valence-electron chi connectivity index (χ4n) is 2.81. The van der Waals surface area contributed by atoms with E-state index in [1.165, 1.54) is 9.58 Å². The van der Waals surface area contributed by atoms with Gasteiger partial charge in [0.05, 0.1) is 6.61 Å². The number of rotatable bonds is 3. The summed E-state index contributed by atoms with van der Waals surface area (Å²) in [6.45, 7) is 6.12. The van der Waals surface area contributed by atoms with Gasteiger partial charge < -0.3 is 10.0 Å². The van der Waals surface area contributed by atoms with Crippen LogP contribution in [0.1, 0.15) is 15.2 Å². The molecule has 2 heterocycles. The molecule has 0 saturated carbocycles. The minimum Gasteiger partial charge on any atom is -0.395 e. The van der Waals surface area contributed by atoms with E-state index in [4.69, 9.17) is 5.11 Å². The van der Waals surface area contributed by atoms with E-state index in [0.29, 0.717) is 6.54 Å². The Morgan fingerprint density at radius 3 is 2.71 bits per heavy atom. The Labute approximate surface area is 128 Å². The van der Waals surface area contributed by atoms with Crippen LogP contribution in [0.3, 0.4) is 0 Å². The summed E-state index contributed by atoms with van der Waals surface area (Å²) in [4.78, 5) is 17.9. The van der Waals surface area contributed by atoms with Gasteiger partial charge >= 0.3 is 0 Å². The molecule has 112 valence electrons. The average molecular weight is 304 g/mol. The van der Waals surface area contributed by atoms with Gasteiger partial charge in [0.1, 0.15) is 0 Å². The first-order valence-corrected chi connectivity index (χ1v) is 8.12. The molecule has 1 aromatic carbocycles. The highest BCUT2D eigenvalue weighted by Crippen LogP contribution is 2.26. The zero-order chi connectivity index (χ0) is 14.8. The zero-order valence-corrected chi connectivity index (χ0v) is 13.0. The minimum absolute atomic E-state index is 0.115. The molecule has 0 bridgehead atoms. The van der Waals surface area contributed by atoms with Gasteiger partial charge in [0.15, 0.2) is 0 Å². The van der Waals surface area contributed by atoms with E-state index in [1.807, 2.05) is 23.1 Å². The Morgan fingerprint density at radius 1 is 1.24 bits per heavy atom. The molecule has 1 amide bonds. The SMILES string of the molecule is Cc1cc2cc(C(=O)N3CCN(CCO)CC3)ccc2s1. The molecule has 2 aromatic rings. The van der Waals surface area contributed by atoms with E-state index < -0.39 is 0 Å². The maximum absolute atomic E-state index is 12.6. The molecule has 5 heteroatoms. The number of hydrogen-bond donors (Lipinski definition) is 1. The molecule has 21 heavy (non-hydrogen) atoms. The topological polar surface area (TPSA) is 43.8 Å². The molecule has 0 radical (unpaired) electrons. The van der Waals surface area contributed by atoms with Crippen LogP contribution in [0.5, 0.6) is 0 Å². The van der Waals surface area contributed by atoms with Crippen LogP contribution in [0.25, 0.3) is 10.1 Å². The zero-order valence-electron chi connectivity index (χ0n) is 12.2. The van der Waals surface area contributed by atoms with Gasteiger partial charge in [0.25, 0.3) is 5.91 Å². The minimum atomic E-state index is 0.115. The molecule has 1 aromatic heterocycles. The number of hydrogen-bond acceptors (Lipinski definition) is 4. The molecular formula is C16H20N2O2S. The van der Waals surface area contributed by atoms with Crippen molar-refractivity contribution in [2.24, 2.45) is 0 Å². The van der Waals surface area contributed by atoms with Crippen LogP contribution < -0.4 is 0 Å². The fourth-order valence-corrected chi connectivity index (χ4v) is 3.71. The Kier molecular flexibility index (Phi) is 4.24. The maximum Gasteiger partial charge on any atom is 0.253 e. The van der Waals surface area contributed by atoms with Crippen molar-refractivity contribution in [2.45, 2.75) is 6.92 Å². The number of aliphatic hydroxyl groups excluding tert-OH is 1. The van der Waals surface area contributed by atoms with E-state index in [9.17, 15) is 4.79 Å². The third-order valence-corrected chi connectivity index (χ3v) is 4.99. The van der Waals surface area contributed by atoms with Gasteiger partial charge in [-0.2, -0.15) is 0 Å². The van der Waals surface area contributed by atoms with Crippen LogP contribution in [0, 0.1) is 6.92 Å². The lowest BCUT2D eigenvalue weighted by Crippen LogP contribution is -2.49. The van der Waals surface area contributed by atoms with Crippen molar-refractivity contribution >= 4 is 27.3 Å². The highest BCUT2D eigenvalue weighted by Gasteiger charge is 2.21. The Bertz CT molecular complexity index is 645. The number of nitrogens with zero attached hydrogens (tertiary/aromatic N) is 2. The molecule has 4 nitrogen and oxygen atoms in total. The molecule has 0 unspecified atom stereocenters. The lowest BCUT2D eigenvalue weighted by molar-refractivity contribution is 0.0615. The maximum atomic E-state index is 12.6. The number of fused-ring (bicyclic) bond motifs is 1. The van der Waals surface area contributed by atoms with Crippen molar-refractivity contribution in [3.8, 4) is 0 Å². The smallest absolute Gasteiger partial charge is 0.253 e. The Hall–Kier alpha value is -1.43. The summed E-state index contributed by atoms with van der Waals surface area (Å²) in [7, 11) is 0. The van der Waals surface area contributed by atoms with Crippen molar-refractivity contribution in [2.75, 3.05) is 39.3 Å². The number of aliphatic hydroxyl groups is 1. The molecule has 1 saturated heterocycles. The summed E-state index contributed by atoms with van der Waals surface area (Å²) < 4.78 is 1.23. The molecule has 3 rings (SSSR count). The number of carbonyl (C=O) groups excluding carboxylic acids is 1. The predicted octanol–water partition coefficient (Wildman–Crippen LogP) is 1.96. The van der Waals surface area contributed by atoms with Crippen molar-refractivity contribution in [3.63, 3.8) is 0 Å². The van der Waals surface area contributed by atoms with Crippen LogP contribution in [0.15, 0.2) is 24.3 Å². The van der Waals surface area contributed by atoms with Crippen molar-refractivity contribution in [3.05, 3.63) is 34.7 Å². The second-order valence-corrected chi connectivity index (χ2v) is 6.76. The second-order valence-electron chi connectivity index (χ2n) is 5.47. The Balaban J connectivity index is 1.72. The number of thiophene rings is 1. The van der Waals surface area contributed by atoms with Crippen LogP contribution in [0.4, 0.5) is 0 Å². The predicted molar refractivity (Wildman–Crippen MR) is 86.0 cm³/mol. The number of aryl methyl sites for hydroxylation is 1. The van der Waals surface area contributed by atoms with Gasteiger partial charge in [0, 0.05) is 47.9 Å². The fraction of sp³-hybridized carbons (Fsp3) is 0.438. The van der Waals surface area contributed by atoms with Gasteiger partial charge in [-0.3, -0.25) is 9.69 Å². The second kappa shape index (κ2) is 6.13. The lowest BCUT2D eigenvalue weighted by Gasteiger charge is -2.34. The summed E-state index contributed by atoms with van der Waals surface area (Å²) in [5.41, 5.74) is 0.774. The standard InChI is InChI=1S/C16H20N2O2S/c1-12-10-14-11-13(2-3-15(14)21-12)16(20)18-6-4-17(5-7-18)8-9-19/h2-3,10-11,19H,4-9H2,1H3. The quantitative estimate of drug-likeness (QED) is 0.943. The van der Waals surface area contributed by atoms with Gasteiger partial charge in [-0.15, -0.1) is 11.3 Å². The first kappa shape index (κ1) is 14.5. The van der Waals surface area contributed by atoms with Crippen molar-refractivity contribution in [1.29, 1.82) is 0 Å². The van der Waals surface area contributed by atoms with Crippen LogP contribution in [-0.2, 0) is 0 Å². The van der Waals surface area contributed by atoms with Gasteiger partial charge in [-0.25, -0.2) is 0 Å². The molecule has 0 spiro atoms. The van der Waals surface area contributed by atoms with E-state index >= 15 is 0 Å². The largest absolute Gasteiger partial charge is 0.395 e. The third kappa shape index (κ3) is 3.10. The number of benzene rings is 1. The normalized spacial score (nSPS) is 16.6. The highest BCUT2D eigenvalue weighted by atomic mass is 32.1. The summed E-state index contributed by atoms with van der Waals surface area (Å²) in [5, 5.41) is 10.1. The molecule has 0 atom stereocenters. The Morgan fingerprint density at radius 2 is 2.00 bits per heavy atom. The van der Waals surface area contributed by atoms with Crippen LogP contribution in [-0.4, -0.2) is 60.1 Å². The van der Waals surface area contributed by atoms with Crippen LogP contribution >= 0.6 is 11.3 Å². The summed E-state index contributed by atoms with van der Waals surface area (Å²) in [6, 6.07) is 8.11. The van der Waals surface area contributed by atoms with E-state index in [-0.39, 0.29) is 12.5 Å². The van der Waals surface area contributed by atoms with Crippen molar-refractivity contribution < 1.29 is 9.90 Å². The van der Waals surface area contributed by atoms with Crippen LogP contribution in [0.2, 0.25) is 0 Å². The first-order chi connectivity index (χ1) is 10.2. The molecule has 1 fully saturated rings. The monoisotopic (exact) mass is 304 g/mol. The average Bonchev–Trinajstić information content (AvgIpc) is 2.86. The number of piperazine rings is 1. The molecular weight excluding hydrogens is 284 g/mol. The van der Waals surface area contributed by atoms with E-state index in [2.05, 4.69) is 17.9 Å². The lowest BCUT2D eigenvalue weighted by atomic mass is 10.1. The highest BCUT2D eigenvalue weighted by molar-refractivity contribution is 7.19. The van der Waals surface area contributed by atoms with E-state index in [1.54, 1.807) is 11.3 Å². The molecule has 1 N–H and O–H groups in total. The van der Waals surface area contributed by atoms with E-state index in [0.717, 1.165) is 37.1 Å². The molecule has 1 aliphatic rings. The molecule has 1 aliphatic heterocycles. The van der Waals surface area contributed by atoms with Gasteiger partial charge in [-0.05, 0) is 36.6 Å². The summed E-state index contributed by atoms with van der Waals surface area (Å²) in [5.74, 6) is 0.115. The first-order valence-electron chi connectivity index (χ1n) is 7.30. The molecule has 0 aliphatic carbocycles. The summed E-state index contributed by atoms with van der Waals surface area (Å²) in [6.07, 6.45) is 0.